The molecule has 0 radical (unpaired) electrons. The Morgan fingerprint density at radius 3 is 2.78 bits per heavy atom. The highest BCUT2D eigenvalue weighted by Crippen LogP contribution is 2.26. The third kappa shape index (κ3) is 6.97. The molecule has 0 aliphatic heterocycles. The van der Waals surface area contributed by atoms with Gasteiger partial charge in [-0.05, 0) is 31.6 Å². The van der Waals surface area contributed by atoms with E-state index in [4.69, 9.17) is 9.68 Å². The molecule has 128 valence electrons. The van der Waals surface area contributed by atoms with Crippen molar-refractivity contribution in [3.8, 4) is 6.19 Å². The highest BCUT2D eigenvalue weighted by molar-refractivity contribution is 7.98. The predicted octanol–water partition coefficient (Wildman–Crippen LogP) is 2.34. The van der Waals surface area contributed by atoms with Gasteiger partial charge in [-0.25, -0.2) is 0 Å². The predicted molar refractivity (Wildman–Crippen MR) is 96.5 cm³/mol. The highest BCUT2D eigenvalue weighted by atomic mass is 32.2. The van der Waals surface area contributed by atoms with Crippen LogP contribution in [0.3, 0.4) is 0 Å². The number of nitrogens with one attached hydrogen (secondary N) is 2. The van der Waals surface area contributed by atoms with Crippen LogP contribution >= 0.6 is 11.8 Å². The fourth-order valence-electron chi connectivity index (χ4n) is 2.12. The van der Waals surface area contributed by atoms with Crippen LogP contribution in [0.4, 0.5) is 0 Å². The van der Waals surface area contributed by atoms with Gasteiger partial charge in [-0.3, -0.25) is 0 Å². The molecule has 23 heavy (non-hydrogen) atoms. The summed E-state index contributed by atoms with van der Waals surface area (Å²) in [6.07, 6.45) is 1.76. The number of rotatable bonds is 8. The summed E-state index contributed by atoms with van der Waals surface area (Å²) in [6, 6.07) is 2.18. The molecule has 0 aliphatic carbocycles. The van der Waals surface area contributed by atoms with Gasteiger partial charge in [0.1, 0.15) is 11.5 Å². The number of hydrogen-bond acceptors (Lipinski definition) is 5. The molecule has 0 aliphatic rings. The number of guanidine groups is 1. The van der Waals surface area contributed by atoms with Gasteiger partial charge in [0.25, 0.3) is 0 Å². The van der Waals surface area contributed by atoms with Gasteiger partial charge < -0.3 is 20.0 Å². The van der Waals surface area contributed by atoms with Gasteiger partial charge in [0.15, 0.2) is 0 Å². The van der Waals surface area contributed by atoms with Crippen molar-refractivity contribution in [3.05, 3.63) is 23.2 Å². The third-order valence-electron chi connectivity index (χ3n) is 3.16. The van der Waals surface area contributed by atoms with Crippen LogP contribution in [0.5, 0.6) is 0 Å². The van der Waals surface area contributed by atoms with E-state index in [1.54, 1.807) is 25.0 Å². The number of nitrogens with zero attached hydrogens (tertiary/aromatic N) is 3. The maximum absolute atomic E-state index is 8.52. The van der Waals surface area contributed by atoms with Gasteiger partial charge >= 0.3 is 0 Å². The van der Waals surface area contributed by atoms with Gasteiger partial charge in [0, 0.05) is 19.3 Å². The number of hydrogen-bond donors (Lipinski definition) is 2. The van der Waals surface area contributed by atoms with Crippen molar-refractivity contribution in [2.45, 2.75) is 32.1 Å². The molecule has 7 heteroatoms. The first kappa shape index (κ1) is 19.4. The summed E-state index contributed by atoms with van der Waals surface area (Å²) in [4.78, 5) is 5.75. The van der Waals surface area contributed by atoms with Crippen LogP contribution in [0.15, 0.2) is 15.5 Å². The topological polar surface area (TPSA) is 76.6 Å². The molecule has 1 aromatic rings. The first-order valence-electron chi connectivity index (χ1n) is 7.70. The first-order valence-corrected chi connectivity index (χ1v) is 8.85. The molecule has 0 fully saturated rings. The monoisotopic (exact) mass is 337 g/mol. The molecule has 0 amide bonds. The average molecular weight is 337 g/mol. The smallest absolute Gasteiger partial charge is 0.209 e. The molecule has 0 aromatic carbocycles. The molecular weight excluding hydrogens is 310 g/mol. The fraction of sp³-hybridized carbons (Fsp3) is 0.625. The molecule has 6 nitrogen and oxygen atoms in total. The lowest BCUT2D eigenvalue weighted by Crippen LogP contribution is -2.35. The number of thioether (sulfide) groups is 1. The molecule has 1 heterocycles. The van der Waals surface area contributed by atoms with E-state index >= 15 is 0 Å². The summed E-state index contributed by atoms with van der Waals surface area (Å²) in [5, 5.41) is 14.4. The zero-order valence-electron chi connectivity index (χ0n) is 14.6. The van der Waals surface area contributed by atoms with Crippen LogP contribution in [-0.4, -0.2) is 44.3 Å². The minimum Gasteiger partial charge on any atom is -0.464 e. The zero-order chi connectivity index (χ0) is 17.2. The van der Waals surface area contributed by atoms with Crippen molar-refractivity contribution < 1.29 is 4.42 Å². The molecule has 0 saturated heterocycles. The summed E-state index contributed by atoms with van der Waals surface area (Å²) in [5.41, 5.74) is 1.30. The normalized spacial score (nSPS) is 11.8. The van der Waals surface area contributed by atoms with Gasteiger partial charge in [-0.1, -0.05) is 13.8 Å². The molecule has 0 bridgehead atoms. The van der Waals surface area contributed by atoms with Crippen LogP contribution in [0.1, 0.15) is 36.8 Å². The summed E-state index contributed by atoms with van der Waals surface area (Å²) in [7, 11) is 5.84. The Morgan fingerprint density at radius 1 is 1.48 bits per heavy atom. The molecule has 0 unspecified atom stereocenters. The summed E-state index contributed by atoms with van der Waals surface area (Å²) < 4.78 is 6.01. The van der Waals surface area contributed by atoms with Crippen molar-refractivity contribution in [2.24, 2.45) is 4.99 Å². The van der Waals surface area contributed by atoms with Crippen molar-refractivity contribution in [3.63, 3.8) is 0 Å². The van der Waals surface area contributed by atoms with E-state index in [0.717, 1.165) is 36.1 Å². The third-order valence-corrected chi connectivity index (χ3v) is 4.14. The van der Waals surface area contributed by atoms with E-state index in [1.165, 1.54) is 5.56 Å². The van der Waals surface area contributed by atoms with Crippen LogP contribution in [0.25, 0.3) is 0 Å². The number of nitriles is 1. The van der Waals surface area contributed by atoms with Gasteiger partial charge in [0.2, 0.25) is 12.2 Å². The minimum absolute atomic E-state index is 0.467. The molecule has 0 atom stereocenters. The largest absolute Gasteiger partial charge is 0.464 e. The Hall–Kier alpha value is -1.65. The second kappa shape index (κ2) is 10.2. The van der Waals surface area contributed by atoms with Crippen LogP contribution in [0.2, 0.25) is 0 Å². The Labute approximate surface area is 143 Å². The fourth-order valence-corrected chi connectivity index (χ4v) is 2.85. The second-order valence-corrected chi connectivity index (χ2v) is 6.88. The SMILES string of the molecule is CNC(=NC#N)NCCSCc1cc(C(C)C)c(CN(C)C)o1. The van der Waals surface area contributed by atoms with E-state index < -0.39 is 0 Å². The van der Waals surface area contributed by atoms with Gasteiger partial charge in [0.05, 0.1) is 12.3 Å². The lowest BCUT2D eigenvalue weighted by molar-refractivity contribution is 0.341. The van der Waals surface area contributed by atoms with Gasteiger partial charge in [-0.15, -0.1) is 4.99 Å². The van der Waals surface area contributed by atoms with Crippen molar-refractivity contribution >= 4 is 17.7 Å². The van der Waals surface area contributed by atoms with Gasteiger partial charge in [-0.2, -0.15) is 17.0 Å². The van der Waals surface area contributed by atoms with E-state index in [2.05, 4.69) is 54.5 Å². The Morgan fingerprint density at radius 2 is 2.22 bits per heavy atom. The zero-order valence-corrected chi connectivity index (χ0v) is 15.5. The average Bonchev–Trinajstić information content (AvgIpc) is 2.88. The summed E-state index contributed by atoms with van der Waals surface area (Å²) in [5.74, 6) is 4.81. The van der Waals surface area contributed by atoms with Crippen LogP contribution < -0.4 is 10.6 Å². The molecule has 0 spiro atoms. The van der Waals surface area contributed by atoms with Crippen molar-refractivity contribution in [1.29, 1.82) is 5.26 Å². The molecule has 1 rings (SSSR count). The Balaban J connectivity index is 2.46. The van der Waals surface area contributed by atoms with Crippen molar-refractivity contribution in [2.75, 3.05) is 33.4 Å². The molecule has 2 N–H and O–H groups in total. The minimum atomic E-state index is 0.467. The first-order chi connectivity index (χ1) is 11.0. The summed E-state index contributed by atoms with van der Waals surface area (Å²) in [6.45, 7) is 5.96. The van der Waals surface area contributed by atoms with E-state index in [9.17, 15) is 0 Å². The Bertz CT molecular complexity index is 545. The number of aliphatic imine (C=N–C) groups is 1. The quantitative estimate of drug-likeness (QED) is 0.328. The Kier molecular flexibility index (Phi) is 8.59. The maximum Gasteiger partial charge on any atom is 0.209 e. The highest BCUT2D eigenvalue weighted by Gasteiger charge is 2.14. The standard InChI is InChI=1S/C16H27N5OS/c1-12(2)14-8-13(22-15(14)9-21(4)5)10-23-7-6-19-16(18-3)20-11-17/h8,12H,6-7,9-10H2,1-5H3,(H2,18,19,20). The van der Waals surface area contributed by atoms with E-state index in [-0.39, 0.29) is 0 Å². The van der Waals surface area contributed by atoms with E-state index in [0.29, 0.717) is 11.9 Å². The van der Waals surface area contributed by atoms with Crippen LogP contribution in [-0.2, 0) is 12.3 Å². The maximum atomic E-state index is 8.52. The lowest BCUT2D eigenvalue weighted by Gasteiger charge is -2.10. The number of furan rings is 1. The lowest BCUT2D eigenvalue weighted by atomic mass is 10.0. The second-order valence-electron chi connectivity index (χ2n) is 5.77. The van der Waals surface area contributed by atoms with Crippen molar-refractivity contribution in [1.82, 2.24) is 15.5 Å². The molecule has 0 saturated carbocycles. The van der Waals surface area contributed by atoms with Crippen LogP contribution in [0, 0.1) is 11.5 Å². The molecule has 1 aromatic heterocycles. The van der Waals surface area contributed by atoms with E-state index in [1.807, 2.05) is 0 Å². The summed E-state index contributed by atoms with van der Waals surface area (Å²) >= 11 is 1.79. The molecular formula is C16H27N5OS.